The number of alkyl halides is 2. The van der Waals surface area contributed by atoms with E-state index in [-0.39, 0.29) is 45.4 Å². The lowest BCUT2D eigenvalue weighted by Gasteiger charge is -2.35. The highest BCUT2D eigenvalue weighted by Crippen LogP contribution is 2.46. The molecule has 282 valence electrons. The normalized spacial score (nSPS) is 16.2. The third-order valence-corrected chi connectivity index (χ3v) is 11.2. The van der Waals surface area contributed by atoms with E-state index in [1.54, 1.807) is 25.3 Å². The average molecular weight is 780 g/mol. The molecular formula is C39H38Cl2F2N6O5. The fourth-order valence-corrected chi connectivity index (χ4v) is 8.26. The molecule has 0 radical (unpaired) electrons. The third-order valence-electron chi connectivity index (χ3n) is 10.4. The Labute approximate surface area is 319 Å². The monoisotopic (exact) mass is 778 g/mol. The van der Waals surface area contributed by atoms with Crippen molar-refractivity contribution in [1.82, 2.24) is 24.0 Å². The maximum Gasteiger partial charge on any atom is 0.330 e. The Morgan fingerprint density at radius 3 is 2.33 bits per heavy atom. The van der Waals surface area contributed by atoms with Crippen LogP contribution in [0.1, 0.15) is 55.5 Å². The highest BCUT2D eigenvalue weighted by Gasteiger charge is 2.36. The Bertz CT molecular complexity index is 2410. The minimum absolute atomic E-state index is 0.00100. The van der Waals surface area contributed by atoms with E-state index in [0.29, 0.717) is 39.9 Å². The van der Waals surface area contributed by atoms with Gasteiger partial charge in [0.25, 0.3) is 12.0 Å². The Morgan fingerprint density at radius 1 is 0.963 bits per heavy atom. The number of methoxy groups -OCH3 is 1. The van der Waals surface area contributed by atoms with Crippen molar-refractivity contribution >= 4 is 51.6 Å². The van der Waals surface area contributed by atoms with Gasteiger partial charge in [-0.15, -0.1) is 0 Å². The lowest BCUT2D eigenvalue weighted by molar-refractivity contribution is -0.149. The second-order valence-corrected chi connectivity index (χ2v) is 14.2. The Morgan fingerprint density at radius 2 is 1.65 bits per heavy atom. The number of hydrogen-bond acceptors (Lipinski definition) is 9. The van der Waals surface area contributed by atoms with Crippen LogP contribution in [0.25, 0.3) is 33.3 Å². The van der Waals surface area contributed by atoms with Gasteiger partial charge in [-0.05, 0) is 69.5 Å². The summed E-state index contributed by atoms with van der Waals surface area (Å²) in [6.07, 6.45) is 0.249. The van der Waals surface area contributed by atoms with Crippen LogP contribution in [0.3, 0.4) is 0 Å². The second-order valence-electron chi connectivity index (χ2n) is 13.5. The van der Waals surface area contributed by atoms with Crippen molar-refractivity contribution in [3.63, 3.8) is 0 Å². The van der Waals surface area contributed by atoms with Crippen molar-refractivity contribution in [3.8, 4) is 28.3 Å². The van der Waals surface area contributed by atoms with Crippen LogP contribution in [0.2, 0.25) is 10.0 Å². The second kappa shape index (κ2) is 15.1. The average Bonchev–Trinajstić information content (AvgIpc) is 3.61. The first-order valence-electron chi connectivity index (χ1n) is 17.7. The third kappa shape index (κ3) is 6.62. The zero-order chi connectivity index (χ0) is 38.4. The summed E-state index contributed by atoms with van der Waals surface area (Å²) in [6.45, 7) is 3.77. The van der Waals surface area contributed by atoms with Gasteiger partial charge in [-0.3, -0.25) is 23.6 Å². The van der Waals surface area contributed by atoms with Crippen molar-refractivity contribution in [2.24, 2.45) is 20.0 Å². The van der Waals surface area contributed by atoms with Crippen LogP contribution in [0.15, 0.2) is 58.1 Å². The van der Waals surface area contributed by atoms with Gasteiger partial charge in [-0.2, -0.15) is 0 Å². The van der Waals surface area contributed by atoms with Gasteiger partial charge < -0.3 is 14.8 Å². The van der Waals surface area contributed by atoms with E-state index < -0.39 is 23.4 Å². The summed E-state index contributed by atoms with van der Waals surface area (Å²) >= 11 is 14.1. The van der Waals surface area contributed by atoms with E-state index in [2.05, 4.69) is 15.2 Å². The van der Waals surface area contributed by atoms with E-state index in [9.17, 15) is 23.2 Å². The Hall–Kier alpha value is -4.85. The van der Waals surface area contributed by atoms with Crippen LogP contribution >= 0.6 is 23.2 Å². The first kappa shape index (κ1) is 37.5. The molecule has 4 heterocycles. The molecule has 2 aliphatic rings. The van der Waals surface area contributed by atoms with Crippen LogP contribution in [0, 0.1) is 5.92 Å². The lowest BCUT2D eigenvalue weighted by Crippen LogP contribution is -2.38. The SMILES string of the molecule is CCOC(=O)C1CCN([C@@H]2CCc3cc(-c4cccc(-c5cccc(Nc6nc(C(F)F)cc7c6c(=O)n(C)c(=O)n7C)c5Cl)c4Cl)nc(OC)c32)CC1. The number of fused-ring (bicyclic) bond motifs is 2. The van der Waals surface area contributed by atoms with Crippen molar-refractivity contribution in [1.29, 1.82) is 0 Å². The van der Waals surface area contributed by atoms with Gasteiger partial charge in [0.1, 0.15) is 16.9 Å². The van der Waals surface area contributed by atoms with Crippen molar-refractivity contribution in [2.75, 3.05) is 32.1 Å². The molecule has 1 N–H and O–H groups in total. The van der Waals surface area contributed by atoms with Crippen LogP contribution in [-0.4, -0.2) is 56.8 Å². The van der Waals surface area contributed by atoms with Gasteiger partial charge >= 0.3 is 11.7 Å². The molecule has 1 fully saturated rings. The molecule has 1 saturated heterocycles. The van der Waals surface area contributed by atoms with Crippen LogP contribution < -0.4 is 21.3 Å². The number of hydrogen-bond donors (Lipinski definition) is 1. The Balaban J connectivity index is 1.22. The molecule has 11 nitrogen and oxygen atoms in total. The number of benzene rings is 2. The first-order valence-corrected chi connectivity index (χ1v) is 18.4. The van der Waals surface area contributed by atoms with Crippen LogP contribution in [0.5, 0.6) is 5.88 Å². The van der Waals surface area contributed by atoms with Crippen LogP contribution in [0.4, 0.5) is 20.3 Å². The molecule has 7 rings (SSSR count). The number of halogens is 4. The number of nitrogens with one attached hydrogen (secondary N) is 1. The smallest absolute Gasteiger partial charge is 0.330 e. The van der Waals surface area contributed by atoms with Crippen molar-refractivity contribution in [2.45, 2.75) is 45.1 Å². The number of piperidine rings is 1. The largest absolute Gasteiger partial charge is 0.481 e. The van der Waals surface area contributed by atoms with E-state index in [1.807, 2.05) is 31.2 Å². The molecule has 1 aliphatic heterocycles. The number of ether oxygens (including phenoxy) is 2. The number of nitrogens with zero attached hydrogens (tertiary/aromatic N) is 5. The molecule has 54 heavy (non-hydrogen) atoms. The molecule has 3 aromatic heterocycles. The maximum atomic E-state index is 14.0. The summed E-state index contributed by atoms with van der Waals surface area (Å²) in [5.41, 5.74) is 2.88. The van der Waals surface area contributed by atoms with Crippen molar-refractivity contribution in [3.05, 3.63) is 96.2 Å². The Kier molecular flexibility index (Phi) is 10.5. The minimum atomic E-state index is -2.97. The van der Waals surface area contributed by atoms with Gasteiger partial charge in [0.15, 0.2) is 0 Å². The van der Waals surface area contributed by atoms with E-state index in [0.717, 1.165) is 65.1 Å². The molecule has 15 heteroatoms. The number of aromatic nitrogens is 4. The summed E-state index contributed by atoms with van der Waals surface area (Å²) in [6, 6.07) is 13.8. The molecular weight excluding hydrogens is 741 g/mol. The molecule has 0 bridgehead atoms. The highest BCUT2D eigenvalue weighted by molar-refractivity contribution is 6.39. The summed E-state index contributed by atoms with van der Waals surface area (Å²) < 4.78 is 41.1. The number of carbonyl (C=O) groups excluding carboxylic acids is 1. The van der Waals surface area contributed by atoms with E-state index in [1.165, 1.54) is 14.1 Å². The number of anilines is 2. The molecule has 1 atom stereocenters. The molecule has 0 saturated carbocycles. The summed E-state index contributed by atoms with van der Waals surface area (Å²) in [5.74, 6) is 0.150. The number of aryl methyl sites for hydroxylation is 2. The maximum absolute atomic E-state index is 14.0. The van der Waals surface area contributed by atoms with Gasteiger partial charge in [-0.25, -0.2) is 23.5 Å². The number of rotatable bonds is 9. The van der Waals surface area contributed by atoms with Crippen LogP contribution in [-0.2, 0) is 30.0 Å². The predicted molar refractivity (Wildman–Crippen MR) is 204 cm³/mol. The van der Waals surface area contributed by atoms with Gasteiger partial charge in [-0.1, -0.05) is 53.5 Å². The standard InChI is InChI=1S/C39H38Cl2F2N6O5/c1-5-54-38(51)20-14-16-49(17-15-20)28-13-12-21-18-26(46-36(53-4)30(21)28)24-10-6-8-22(32(24)40)23-9-7-11-25(33(23)41)44-35-31-29(19-27(45-35)34(42)43)47(2)39(52)48(3)37(31)50/h6-11,18-20,28,34H,5,12-17H2,1-4H3,(H,44,45)/t28-/m1/s1. The summed E-state index contributed by atoms with van der Waals surface area (Å²) in [4.78, 5) is 49.6. The predicted octanol–water partition coefficient (Wildman–Crippen LogP) is 7.62. The molecule has 2 aromatic carbocycles. The lowest BCUT2D eigenvalue weighted by atomic mass is 9.94. The first-order chi connectivity index (χ1) is 25.9. The van der Waals surface area contributed by atoms with E-state index in [4.69, 9.17) is 37.7 Å². The summed E-state index contributed by atoms with van der Waals surface area (Å²) in [5, 5.41) is 3.52. The number of likely N-dealkylation sites (tertiary alicyclic amines) is 1. The minimum Gasteiger partial charge on any atom is -0.481 e. The quantitative estimate of drug-likeness (QED) is 0.151. The van der Waals surface area contributed by atoms with Gasteiger partial charge in [0.2, 0.25) is 5.88 Å². The fraction of sp³-hybridized carbons (Fsp3) is 0.359. The fourth-order valence-electron chi connectivity index (χ4n) is 7.66. The number of esters is 1. The molecule has 1 aliphatic carbocycles. The van der Waals surface area contributed by atoms with Crippen molar-refractivity contribution < 1.29 is 23.0 Å². The number of carbonyl (C=O) groups is 1. The molecule has 0 spiro atoms. The van der Waals surface area contributed by atoms with Gasteiger partial charge in [0, 0.05) is 42.4 Å². The topological polar surface area (TPSA) is 121 Å². The molecule has 5 aromatic rings. The number of pyridine rings is 2. The van der Waals surface area contributed by atoms with Gasteiger partial charge in [0.05, 0.1) is 46.6 Å². The summed E-state index contributed by atoms with van der Waals surface area (Å²) in [7, 11) is 4.31. The van der Waals surface area contributed by atoms with E-state index >= 15 is 0 Å². The zero-order valence-electron chi connectivity index (χ0n) is 30.1. The zero-order valence-corrected chi connectivity index (χ0v) is 31.6. The molecule has 0 unspecified atom stereocenters. The molecule has 0 amide bonds. The highest BCUT2D eigenvalue weighted by atomic mass is 35.5.